The first kappa shape index (κ1) is 16.5. The van der Waals surface area contributed by atoms with Crippen LogP contribution in [-0.2, 0) is 20.7 Å². The largest absolute Gasteiger partial charge is 0.481 e. The molecule has 2 rings (SSSR count). The molecule has 1 aliphatic heterocycles. The fourth-order valence-electron chi connectivity index (χ4n) is 2.95. The molecule has 0 radical (unpaired) electrons. The Morgan fingerprint density at radius 1 is 1.32 bits per heavy atom. The number of hydrogen-bond donors (Lipinski definition) is 2. The van der Waals surface area contributed by atoms with Gasteiger partial charge in [-0.1, -0.05) is 38.1 Å². The van der Waals surface area contributed by atoms with Crippen molar-refractivity contribution in [2.24, 2.45) is 0 Å². The van der Waals surface area contributed by atoms with Gasteiger partial charge < -0.3 is 15.2 Å². The van der Waals surface area contributed by atoms with Crippen molar-refractivity contribution in [3.63, 3.8) is 0 Å². The van der Waals surface area contributed by atoms with Crippen LogP contribution in [0.3, 0.4) is 0 Å². The van der Waals surface area contributed by atoms with E-state index < -0.39 is 17.6 Å². The van der Waals surface area contributed by atoms with Gasteiger partial charge in [0.15, 0.2) is 6.10 Å². The molecule has 1 atom stereocenters. The van der Waals surface area contributed by atoms with Crippen molar-refractivity contribution >= 4 is 11.9 Å². The normalized spacial score (nSPS) is 17.6. The molecule has 1 unspecified atom stereocenters. The van der Waals surface area contributed by atoms with Crippen LogP contribution in [0.1, 0.15) is 50.3 Å². The number of ether oxygens (including phenoxy) is 1. The second kappa shape index (κ2) is 6.92. The minimum Gasteiger partial charge on any atom is -0.481 e. The fourth-order valence-corrected chi connectivity index (χ4v) is 2.95. The van der Waals surface area contributed by atoms with E-state index in [0.717, 1.165) is 17.5 Å². The summed E-state index contributed by atoms with van der Waals surface area (Å²) in [4.78, 5) is 23.8. The molecule has 1 aromatic carbocycles. The van der Waals surface area contributed by atoms with Gasteiger partial charge >= 0.3 is 5.97 Å². The first-order chi connectivity index (χ1) is 10.5. The molecule has 1 heterocycles. The van der Waals surface area contributed by atoms with E-state index in [1.807, 2.05) is 38.1 Å². The molecule has 1 aliphatic rings. The number of carboxylic acid groups (broad SMARTS) is 1. The van der Waals surface area contributed by atoms with Gasteiger partial charge in [0.2, 0.25) is 0 Å². The number of carboxylic acids is 1. The molecule has 1 amide bonds. The van der Waals surface area contributed by atoms with E-state index in [2.05, 4.69) is 5.32 Å². The van der Waals surface area contributed by atoms with E-state index in [1.165, 1.54) is 0 Å². The maximum Gasteiger partial charge on any atom is 0.305 e. The number of benzene rings is 1. The Bertz CT molecular complexity index is 551. The van der Waals surface area contributed by atoms with Crippen molar-refractivity contribution < 1.29 is 19.4 Å². The fraction of sp³-hybridized carbons (Fsp3) is 0.529. The summed E-state index contributed by atoms with van der Waals surface area (Å²) < 4.78 is 5.65. The molecule has 2 N–H and O–H groups in total. The third-order valence-electron chi connectivity index (χ3n) is 4.46. The second-order valence-corrected chi connectivity index (χ2v) is 5.75. The molecule has 0 saturated heterocycles. The molecule has 1 aromatic rings. The number of aliphatic carboxylic acids is 1. The molecular weight excluding hydrogens is 282 g/mol. The number of carbonyl (C=O) groups excluding carboxylic acids is 1. The molecule has 22 heavy (non-hydrogen) atoms. The van der Waals surface area contributed by atoms with Gasteiger partial charge in [-0.3, -0.25) is 9.59 Å². The van der Waals surface area contributed by atoms with Crippen LogP contribution >= 0.6 is 0 Å². The summed E-state index contributed by atoms with van der Waals surface area (Å²) in [6, 6.07) is 7.74. The van der Waals surface area contributed by atoms with Crippen molar-refractivity contribution in [2.75, 3.05) is 6.61 Å². The molecular formula is C17H23NO4. The van der Waals surface area contributed by atoms with Crippen molar-refractivity contribution in [1.82, 2.24) is 5.32 Å². The lowest BCUT2D eigenvalue weighted by molar-refractivity contribution is -0.141. The Kier molecular flexibility index (Phi) is 5.19. The topological polar surface area (TPSA) is 75.6 Å². The van der Waals surface area contributed by atoms with Gasteiger partial charge in [-0.25, -0.2) is 0 Å². The summed E-state index contributed by atoms with van der Waals surface area (Å²) in [5, 5.41) is 12.0. The van der Waals surface area contributed by atoms with Crippen LogP contribution in [-0.4, -0.2) is 29.1 Å². The Labute approximate surface area is 130 Å². The summed E-state index contributed by atoms with van der Waals surface area (Å²) in [6.45, 7) is 4.28. The van der Waals surface area contributed by atoms with E-state index in [4.69, 9.17) is 9.84 Å². The molecule has 5 heteroatoms. The van der Waals surface area contributed by atoms with Gasteiger partial charge in [0, 0.05) is 0 Å². The third-order valence-corrected chi connectivity index (χ3v) is 4.46. The molecule has 0 fully saturated rings. The first-order valence-electron chi connectivity index (χ1n) is 7.74. The molecule has 0 aromatic heterocycles. The lowest BCUT2D eigenvalue weighted by Gasteiger charge is -2.34. The van der Waals surface area contributed by atoms with Crippen molar-refractivity contribution in [3.8, 4) is 0 Å². The quantitative estimate of drug-likeness (QED) is 0.846. The molecule has 120 valence electrons. The summed E-state index contributed by atoms with van der Waals surface area (Å²) in [5.74, 6) is -1.16. The second-order valence-electron chi connectivity index (χ2n) is 5.75. The highest BCUT2D eigenvalue weighted by atomic mass is 16.5. The highest BCUT2D eigenvalue weighted by Crippen LogP contribution is 2.29. The zero-order valence-electron chi connectivity index (χ0n) is 13.1. The van der Waals surface area contributed by atoms with Gasteiger partial charge in [-0.15, -0.1) is 0 Å². The highest BCUT2D eigenvalue weighted by Gasteiger charge is 2.35. The number of carbonyl (C=O) groups is 2. The molecule has 0 spiro atoms. The zero-order valence-corrected chi connectivity index (χ0v) is 13.1. The average molecular weight is 305 g/mol. The summed E-state index contributed by atoms with van der Waals surface area (Å²) >= 11 is 0. The van der Waals surface area contributed by atoms with E-state index in [-0.39, 0.29) is 12.3 Å². The van der Waals surface area contributed by atoms with Gasteiger partial charge in [0.25, 0.3) is 5.91 Å². The summed E-state index contributed by atoms with van der Waals surface area (Å²) in [7, 11) is 0. The zero-order chi connectivity index (χ0) is 16.2. The first-order valence-corrected chi connectivity index (χ1v) is 7.74. The van der Waals surface area contributed by atoms with Gasteiger partial charge in [0.1, 0.15) is 0 Å². The van der Waals surface area contributed by atoms with Gasteiger partial charge in [-0.2, -0.15) is 0 Å². The highest BCUT2D eigenvalue weighted by molar-refractivity contribution is 5.84. The number of amides is 1. The summed E-state index contributed by atoms with van der Waals surface area (Å²) in [6.07, 6.45) is 1.18. The minimum atomic E-state index is -0.908. The number of nitrogens with one attached hydrogen (secondary N) is 1. The summed E-state index contributed by atoms with van der Waals surface area (Å²) in [5.41, 5.74) is 1.27. The van der Waals surface area contributed by atoms with Crippen LogP contribution < -0.4 is 5.32 Å². The van der Waals surface area contributed by atoms with E-state index in [1.54, 1.807) is 0 Å². The minimum absolute atomic E-state index is 0.0832. The lowest BCUT2D eigenvalue weighted by atomic mass is 9.88. The van der Waals surface area contributed by atoms with Crippen molar-refractivity contribution in [2.45, 2.75) is 51.2 Å². The Balaban J connectivity index is 2.20. The average Bonchev–Trinajstić information content (AvgIpc) is 2.53. The molecule has 0 bridgehead atoms. The Hall–Kier alpha value is -1.88. The van der Waals surface area contributed by atoms with Crippen molar-refractivity contribution in [1.29, 1.82) is 0 Å². The van der Waals surface area contributed by atoms with Crippen LogP contribution in [0.5, 0.6) is 0 Å². The standard InChI is InChI=1S/C17H23NO4/c1-3-17(4-2,11-14(19)20)18-16(21)15-13-8-6-5-7-12(13)9-10-22-15/h5-8,15H,3-4,9-11H2,1-2H3,(H,18,21)(H,19,20). The monoisotopic (exact) mass is 305 g/mol. The van der Waals surface area contributed by atoms with E-state index >= 15 is 0 Å². The maximum absolute atomic E-state index is 12.6. The number of fused-ring (bicyclic) bond motifs is 1. The molecule has 5 nitrogen and oxygen atoms in total. The lowest BCUT2D eigenvalue weighted by Crippen LogP contribution is -2.51. The Morgan fingerprint density at radius 2 is 2.00 bits per heavy atom. The Morgan fingerprint density at radius 3 is 2.64 bits per heavy atom. The van der Waals surface area contributed by atoms with Gasteiger partial charge in [-0.05, 0) is 30.4 Å². The maximum atomic E-state index is 12.6. The van der Waals surface area contributed by atoms with E-state index in [9.17, 15) is 9.59 Å². The van der Waals surface area contributed by atoms with Crippen LogP contribution in [0.4, 0.5) is 0 Å². The van der Waals surface area contributed by atoms with Crippen molar-refractivity contribution in [3.05, 3.63) is 35.4 Å². The smallest absolute Gasteiger partial charge is 0.305 e. The SMILES string of the molecule is CCC(CC)(CC(=O)O)NC(=O)C1OCCc2ccccc21. The van der Waals surface area contributed by atoms with Gasteiger partial charge in [0.05, 0.1) is 18.6 Å². The third kappa shape index (κ3) is 3.47. The molecule has 0 aliphatic carbocycles. The van der Waals surface area contributed by atoms with Crippen LogP contribution in [0.15, 0.2) is 24.3 Å². The van der Waals surface area contributed by atoms with E-state index in [0.29, 0.717) is 19.4 Å². The number of rotatable bonds is 6. The number of hydrogen-bond acceptors (Lipinski definition) is 3. The molecule has 0 saturated carbocycles. The predicted molar refractivity (Wildman–Crippen MR) is 82.5 cm³/mol. The van der Waals surface area contributed by atoms with Crippen LogP contribution in [0.25, 0.3) is 0 Å². The van der Waals surface area contributed by atoms with Crippen LogP contribution in [0.2, 0.25) is 0 Å². The van der Waals surface area contributed by atoms with Crippen LogP contribution in [0, 0.1) is 0 Å². The predicted octanol–water partition coefficient (Wildman–Crippen LogP) is 2.45.